The summed E-state index contributed by atoms with van der Waals surface area (Å²) in [7, 11) is 4.96. The van der Waals surface area contributed by atoms with E-state index in [2.05, 4.69) is 9.97 Å². The van der Waals surface area contributed by atoms with Gasteiger partial charge in [0.15, 0.2) is 0 Å². The Hall–Kier alpha value is -3.46. The van der Waals surface area contributed by atoms with Crippen molar-refractivity contribution in [3.63, 3.8) is 0 Å². The van der Waals surface area contributed by atoms with Gasteiger partial charge in [-0.2, -0.15) is 0 Å². The molecule has 1 aliphatic rings. The number of hydrogen-bond acceptors (Lipinski definition) is 8. The molecule has 0 N–H and O–H groups in total. The zero-order valence-corrected chi connectivity index (χ0v) is 17.1. The molecule has 0 saturated carbocycles. The molecule has 1 aromatic carbocycles. The highest BCUT2D eigenvalue weighted by molar-refractivity contribution is 5.55. The van der Waals surface area contributed by atoms with Crippen LogP contribution in [0.1, 0.15) is 11.7 Å². The Balaban J connectivity index is 1.69. The topological polar surface area (TPSA) is 91.6 Å². The van der Waals surface area contributed by atoms with Crippen LogP contribution in [0.3, 0.4) is 0 Å². The maximum atomic E-state index is 12.6. The molecular formula is C21H23N5O4. The van der Waals surface area contributed by atoms with Crippen LogP contribution in [0.2, 0.25) is 0 Å². The molecule has 1 aliphatic heterocycles. The third kappa shape index (κ3) is 3.84. The predicted molar refractivity (Wildman–Crippen MR) is 111 cm³/mol. The van der Waals surface area contributed by atoms with E-state index in [1.54, 1.807) is 33.5 Å². The summed E-state index contributed by atoms with van der Waals surface area (Å²) in [6.07, 6.45) is 2.80. The number of anilines is 1. The van der Waals surface area contributed by atoms with E-state index in [0.717, 1.165) is 17.1 Å². The molecule has 0 radical (unpaired) electrons. The van der Waals surface area contributed by atoms with Crippen molar-refractivity contribution in [3.8, 4) is 22.9 Å². The van der Waals surface area contributed by atoms with Crippen LogP contribution in [0.4, 0.5) is 5.95 Å². The first kappa shape index (κ1) is 19.8. The van der Waals surface area contributed by atoms with Crippen molar-refractivity contribution in [2.75, 3.05) is 38.8 Å². The zero-order chi connectivity index (χ0) is 21.1. The number of ether oxygens (including phenoxy) is 3. The quantitative estimate of drug-likeness (QED) is 0.630. The van der Waals surface area contributed by atoms with E-state index in [-0.39, 0.29) is 11.7 Å². The standard InChI is InChI=1S/C21H23N5O4/c1-25-20(27)11-17(16-6-7-22-13-23-16)24-21(25)26-8-9-30-19(12-26)15-10-14(28-2)4-5-18(15)29-3/h4-7,10-11,13,19H,8-9,12H2,1-3H3/t19-/m0/s1. The molecule has 1 saturated heterocycles. The fraction of sp³-hybridized carbons (Fsp3) is 0.333. The van der Waals surface area contributed by atoms with Crippen LogP contribution in [0.5, 0.6) is 11.5 Å². The van der Waals surface area contributed by atoms with Gasteiger partial charge in [-0.1, -0.05) is 0 Å². The fourth-order valence-electron chi connectivity index (χ4n) is 3.49. The molecule has 1 fully saturated rings. The van der Waals surface area contributed by atoms with Gasteiger partial charge in [0.25, 0.3) is 5.56 Å². The molecular weight excluding hydrogens is 386 g/mol. The summed E-state index contributed by atoms with van der Waals surface area (Å²) in [6, 6.07) is 8.83. The largest absolute Gasteiger partial charge is 0.497 e. The first-order valence-corrected chi connectivity index (χ1v) is 9.53. The van der Waals surface area contributed by atoms with Crippen molar-refractivity contribution < 1.29 is 14.2 Å². The van der Waals surface area contributed by atoms with Gasteiger partial charge in [0.2, 0.25) is 5.95 Å². The van der Waals surface area contributed by atoms with Gasteiger partial charge < -0.3 is 19.1 Å². The van der Waals surface area contributed by atoms with Crippen LogP contribution in [0.15, 0.2) is 47.7 Å². The van der Waals surface area contributed by atoms with Crippen molar-refractivity contribution in [3.05, 3.63) is 58.8 Å². The predicted octanol–water partition coefficient (Wildman–Crippen LogP) is 1.83. The van der Waals surface area contributed by atoms with E-state index in [1.165, 1.54) is 17.0 Å². The van der Waals surface area contributed by atoms with Crippen LogP contribution >= 0.6 is 0 Å². The molecule has 2 aromatic heterocycles. The first-order chi connectivity index (χ1) is 14.6. The number of nitrogens with zero attached hydrogens (tertiary/aromatic N) is 5. The van der Waals surface area contributed by atoms with E-state index in [4.69, 9.17) is 19.2 Å². The van der Waals surface area contributed by atoms with E-state index in [0.29, 0.717) is 37.0 Å². The van der Waals surface area contributed by atoms with Crippen molar-refractivity contribution in [1.29, 1.82) is 0 Å². The van der Waals surface area contributed by atoms with Gasteiger partial charge in [0, 0.05) is 31.4 Å². The van der Waals surface area contributed by atoms with Gasteiger partial charge in [0.05, 0.1) is 38.8 Å². The highest BCUT2D eigenvalue weighted by atomic mass is 16.5. The van der Waals surface area contributed by atoms with E-state index in [9.17, 15) is 4.79 Å². The lowest BCUT2D eigenvalue weighted by molar-refractivity contribution is 0.0373. The van der Waals surface area contributed by atoms with Gasteiger partial charge in [-0.05, 0) is 24.3 Å². The zero-order valence-electron chi connectivity index (χ0n) is 17.1. The molecule has 3 aromatic rings. The molecule has 3 heterocycles. The normalized spacial score (nSPS) is 16.4. The Morgan fingerprint density at radius 3 is 2.73 bits per heavy atom. The summed E-state index contributed by atoms with van der Waals surface area (Å²) >= 11 is 0. The maximum absolute atomic E-state index is 12.6. The van der Waals surface area contributed by atoms with Crippen molar-refractivity contribution in [1.82, 2.24) is 19.5 Å². The second-order valence-corrected chi connectivity index (χ2v) is 6.85. The van der Waals surface area contributed by atoms with Crippen LogP contribution in [0.25, 0.3) is 11.4 Å². The van der Waals surface area contributed by atoms with Crippen molar-refractivity contribution in [2.24, 2.45) is 7.05 Å². The van der Waals surface area contributed by atoms with Crippen molar-refractivity contribution >= 4 is 5.95 Å². The molecule has 0 spiro atoms. The molecule has 4 rings (SSSR count). The Morgan fingerprint density at radius 1 is 1.13 bits per heavy atom. The molecule has 0 bridgehead atoms. The number of rotatable bonds is 5. The highest BCUT2D eigenvalue weighted by Crippen LogP contribution is 2.34. The number of methoxy groups -OCH3 is 2. The fourth-order valence-corrected chi connectivity index (χ4v) is 3.49. The van der Waals surface area contributed by atoms with Gasteiger partial charge in [-0.3, -0.25) is 9.36 Å². The summed E-state index contributed by atoms with van der Waals surface area (Å²) in [5.74, 6) is 2.01. The molecule has 156 valence electrons. The van der Waals surface area contributed by atoms with Gasteiger partial charge >= 0.3 is 0 Å². The number of hydrogen-bond donors (Lipinski definition) is 0. The first-order valence-electron chi connectivity index (χ1n) is 9.53. The summed E-state index contributed by atoms with van der Waals surface area (Å²) < 4.78 is 18.4. The molecule has 9 nitrogen and oxygen atoms in total. The van der Waals surface area contributed by atoms with Crippen LogP contribution < -0.4 is 19.9 Å². The molecule has 30 heavy (non-hydrogen) atoms. The van der Waals surface area contributed by atoms with Gasteiger partial charge in [0.1, 0.15) is 23.9 Å². The highest BCUT2D eigenvalue weighted by Gasteiger charge is 2.27. The molecule has 0 unspecified atom stereocenters. The molecule has 0 aliphatic carbocycles. The minimum atomic E-state index is -0.261. The lowest BCUT2D eigenvalue weighted by Gasteiger charge is -2.35. The lowest BCUT2D eigenvalue weighted by atomic mass is 10.1. The van der Waals surface area contributed by atoms with E-state index in [1.807, 2.05) is 23.1 Å². The number of aromatic nitrogens is 4. The third-order valence-electron chi connectivity index (χ3n) is 5.09. The Bertz CT molecular complexity index is 1090. The Labute approximate surface area is 173 Å². The maximum Gasteiger partial charge on any atom is 0.255 e. The lowest BCUT2D eigenvalue weighted by Crippen LogP contribution is -2.41. The number of morpholine rings is 1. The second kappa shape index (κ2) is 8.50. The van der Waals surface area contributed by atoms with Crippen molar-refractivity contribution in [2.45, 2.75) is 6.10 Å². The van der Waals surface area contributed by atoms with Crippen LogP contribution in [0, 0.1) is 0 Å². The third-order valence-corrected chi connectivity index (χ3v) is 5.09. The van der Waals surface area contributed by atoms with E-state index >= 15 is 0 Å². The SMILES string of the molecule is COc1ccc(OC)c([C@@H]2CN(c3nc(-c4ccncn4)cc(=O)n3C)CCO2)c1. The smallest absolute Gasteiger partial charge is 0.255 e. The Morgan fingerprint density at radius 2 is 2.00 bits per heavy atom. The summed E-state index contributed by atoms with van der Waals surface area (Å²) in [5, 5.41) is 0. The summed E-state index contributed by atoms with van der Waals surface area (Å²) in [4.78, 5) is 27.5. The molecule has 9 heteroatoms. The number of benzene rings is 1. The van der Waals surface area contributed by atoms with Gasteiger partial charge in [-0.15, -0.1) is 0 Å². The summed E-state index contributed by atoms with van der Waals surface area (Å²) in [6.45, 7) is 1.60. The molecule has 1 atom stereocenters. The average molecular weight is 409 g/mol. The molecule has 0 amide bonds. The monoisotopic (exact) mass is 409 g/mol. The van der Waals surface area contributed by atoms with Crippen LogP contribution in [-0.4, -0.2) is 53.4 Å². The summed E-state index contributed by atoms with van der Waals surface area (Å²) in [5.41, 5.74) is 1.84. The second-order valence-electron chi connectivity index (χ2n) is 6.85. The Kier molecular flexibility index (Phi) is 5.62. The van der Waals surface area contributed by atoms with E-state index < -0.39 is 0 Å². The average Bonchev–Trinajstić information content (AvgIpc) is 2.81. The van der Waals surface area contributed by atoms with Crippen LogP contribution in [-0.2, 0) is 11.8 Å². The van der Waals surface area contributed by atoms with Gasteiger partial charge in [-0.25, -0.2) is 15.0 Å². The minimum absolute atomic E-state index is 0.157. The minimum Gasteiger partial charge on any atom is -0.497 e.